The molecular formula is C12H18N2O. The molecule has 0 saturated heterocycles. The van der Waals surface area contributed by atoms with Gasteiger partial charge < -0.3 is 10.5 Å². The van der Waals surface area contributed by atoms with E-state index in [1.807, 2.05) is 36.7 Å². The van der Waals surface area contributed by atoms with Gasteiger partial charge in [0.15, 0.2) is 0 Å². The number of hydrogen-bond acceptors (Lipinski definition) is 3. The predicted molar refractivity (Wildman–Crippen MR) is 61.6 cm³/mol. The molecule has 0 fully saturated rings. The summed E-state index contributed by atoms with van der Waals surface area (Å²) >= 11 is 0. The summed E-state index contributed by atoms with van der Waals surface area (Å²) in [5.41, 5.74) is 6.61. The Balaban J connectivity index is 2.00. The van der Waals surface area contributed by atoms with Crippen molar-refractivity contribution >= 4 is 0 Å². The van der Waals surface area contributed by atoms with E-state index in [1.165, 1.54) is 5.56 Å². The van der Waals surface area contributed by atoms with E-state index >= 15 is 0 Å². The molecule has 1 aromatic rings. The molecule has 3 nitrogen and oxygen atoms in total. The van der Waals surface area contributed by atoms with Crippen LogP contribution in [0.25, 0.3) is 0 Å². The van der Waals surface area contributed by atoms with Gasteiger partial charge in [0.1, 0.15) is 0 Å². The zero-order valence-electron chi connectivity index (χ0n) is 8.93. The van der Waals surface area contributed by atoms with Crippen LogP contribution in [0.3, 0.4) is 0 Å². The molecule has 0 aromatic carbocycles. The van der Waals surface area contributed by atoms with Crippen LogP contribution in [0.4, 0.5) is 0 Å². The Hall–Kier alpha value is -1.19. The molecular weight excluding hydrogens is 188 g/mol. The van der Waals surface area contributed by atoms with Gasteiger partial charge in [0.25, 0.3) is 0 Å². The van der Waals surface area contributed by atoms with Gasteiger partial charge >= 0.3 is 0 Å². The second kappa shape index (κ2) is 8.15. The Morgan fingerprint density at radius 2 is 2.07 bits per heavy atom. The predicted octanol–water partition coefficient (Wildman–Crippen LogP) is 1.55. The summed E-state index contributed by atoms with van der Waals surface area (Å²) in [5.74, 6) is 0. The summed E-state index contributed by atoms with van der Waals surface area (Å²) in [6.45, 7) is 2.03. The zero-order chi connectivity index (χ0) is 10.8. The third-order valence-electron chi connectivity index (χ3n) is 2.02. The lowest BCUT2D eigenvalue weighted by Crippen LogP contribution is -1.98. The highest BCUT2D eigenvalue weighted by Gasteiger charge is 1.91. The van der Waals surface area contributed by atoms with Crippen LogP contribution in [0.2, 0.25) is 0 Å². The number of nitrogens with two attached hydrogens (primary N) is 1. The maximum absolute atomic E-state index is 5.40. The first-order valence-corrected chi connectivity index (χ1v) is 5.25. The standard InChI is InChI=1S/C12H18N2O/c13-7-1-2-10-15-11-3-4-12-5-8-14-9-6-12/h1-2,5-6,8-9H,3-4,7,10-11,13H2. The number of nitrogens with zero attached hydrogens (tertiary/aromatic N) is 1. The summed E-state index contributed by atoms with van der Waals surface area (Å²) < 4.78 is 5.40. The highest BCUT2D eigenvalue weighted by molar-refractivity contribution is 5.09. The molecule has 1 aromatic heterocycles. The van der Waals surface area contributed by atoms with Crippen LogP contribution in [-0.2, 0) is 11.2 Å². The SMILES string of the molecule is NCC=CCOCCCc1ccncc1. The van der Waals surface area contributed by atoms with E-state index in [0.29, 0.717) is 13.2 Å². The maximum Gasteiger partial charge on any atom is 0.0647 e. The second-order valence-corrected chi connectivity index (χ2v) is 3.24. The van der Waals surface area contributed by atoms with Crippen LogP contribution in [0.1, 0.15) is 12.0 Å². The molecule has 15 heavy (non-hydrogen) atoms. The highest BCUT2D eigenvalue weighted by Crippen LogP contribution is 2.00. The number of ether oxygens (including phenoxy) is 1. The number of hydrogen-bond donors (Lipinski definition) is 1. The van der Waals surface area contributed by atoms with Crippen molar-refractivity contribution in [2.45, 2.75) is 12.8 Å². The third-order valence-corrected chi connectivity index (χ3v) is 2.02. The largest absolute Gasteiger partial charge is 0.377 e. The molecule has 1 heterocycles. The number of aryl methyl sites for hydroxylation is 1. The molecule has 0 aliphatic rings. The van der Waals surface area contributed by atoms with Crippen molar-refractivity contribution in [3.05, 3.63) is 42.2 Å². The number of pyridine rings is 1. The summed E-state index contributed by atoms with van der Waals surface area (Å²) in [7, 11) is 0. The normalized spacial score (nSPS) is 11.0. The zero-order valence-corrected chi connectivity index (χ0v) is 8.93. The van der Waals surface area contributed by atoms with E-state index in [-0.39, 0.29) is 0 Å². The smallest absolute Gasteiger partial charge is 0.0647 e. The molecule has 0 unspecified atom stereocenters. The van der Waals surface area contributed by atoms with Gasteiger partial charge in [0.2, 0.25) is 0 Å². The van der Waals surface area contributed by atoms with Gasteiger partial charge in [-0.15, -0.1) is 0 Å². The first-order chi connectivity index (χ1) is 7.43. The minimum Gasteiger partial charge on any atom is -0.377 e. The van der Waals surface area contributed by atoms with Crippen molar-refractivity contribution in [2.75, 3.05) is 19.8 Å². The fourth-order valence-electron chi connectivity index (χ4n) is 1.24. The lowest BCUT2D eigenvalue weighted by atomic mass is 10.1. The van der Waals surface area contributed by atoms with E-state index < -0.39 is 0 Å². The molecule has 3 heteroatoms. The van der Waals surface area contributed by atoms with Crippen LogP contribution in [-0.4, -0.2) is 24.7 Å². The van der Waals surface area contributed by atoms with Crippen molar-refractivity contribution in [1.82, 2.24) is 4.98 Å². The quantitative estimate of drug-likeness (QED) is 0.544. The minimum absolute atomic E-state index is 0.584. The van der Waals surface area contributed by atoms with Crippen molar-refractivity contribution in [3.8, 4) is 0 Å². The second-order valence-electron chi connectivity index (χ2n) is 3.24. The molecule has 0 aliphatic carbocycles. The molecule has 0 bridgehead atoms. The van der Waals surface area contributed by atoms with Crippen molar-refractivity contribution in [2.24, 2.45) is 5.73 Å². The molecule has 0 spiro atoms. The highest BCUT2D eigenvalue weighted by atomic mass is 16.5. The molecule has 1 rings (SSSR count). The average Bonchev–Trinajstić information content (AvgIpc) is 2.29. The molecule has 2 N–H and O–H groups in total. The van der Waals surface area contributed by atoms with E-state index in [0.717, 1.165) is 19.4 Å². The van der Waals surface area contributed by atoms with Gasteiger partial charge in [-0.3, -0.25) is 4.98 Å². The minimum atomic E-state index is 0.584. The van der Waals surface area contributed by atoms with Gasteiger partial charge in [-0.05, 0) is 30.5 Å². The van der Waals surface area contributed by atoms with Crippen molar-refractivity contribution < 1.29 is 4.74 Å². The first kappa shape index (κ1) is 11.9. The lowest BCUT2D eigenvalue weighted by molar-refractivity contribution is 0.159. The topological polar surface area (TPSA) is 48.1 Å². The van der Waals surface area contributed by atoms with Crippen LogP contribution < -0.4 is 5.73 Å². The Kier molecular flexibility index (Phi) is 6.45. The fourth-order valence-corrected chi connectivity index (χ4v) is 1.24. The molecule has 0 saturated carbocycles. The Bertz CT molecular complexity index is 272. The first-order valence-electron chi connectivity index (χ1n) is 5.25. The molecule has 0 aliphatic heterocycles. The third kappa shape index (κ3) is 5.99. The van der Waals surface area contributed by atoms with Gasteiger partial charge in [-0.1, -0.05) is 12.2 Å². The lowest BCUT2D eigenvalue weighted by Gasteiger charge is -2.01. The van der Waals surface area contributed by atoms with Crippen molar-refractivity contribution in [3.63, 3.8) is 0 Å². The van der Waals surface area contributed by atoms with Gasteiger partial charge in [-0.25, -0.2) is 0 Å². The molecule has 82 valence electrons. The van der Waals surface area contributed by atoms with Crippen LogP contribution in [0, 0.1) is 0 Å². The van der Waals surface area contributed by atoms with E-state index in [4.69, 9.17) is 10.5 Å². The number of rotatable bonds is 7. The van der Waals surface area contributed by atoms with Crippen LogP contribution >= 0.6 is 0 Å². The van der Waals surface area contributed by atoms with E-state index in [9.17, 15) is 0 Å². The van der Waals surface area contributed by atoms with Gasteiger partial charge in [0.05, 0.1) is 6.61 Å². The Morgan fingerprint density at radius 3 is 2.80 bits per heavy atom. The maximum atomic E-state index is 5.40. The van der Waals surface area contributed by atoms with Gasteiger partial charge in [-0.2, -0.15) is 0 Å². The summed E-state index contributed by atoms with van der Waals surface area (Å²) in [6, 6.07) is 4.07. The molecule has 0 radical (unpaired) electrons. The summed E-state index contributed by atoms with van der Waals surface area (Å²) in [6.07, 6.45) is 9.58. The monoisotopic (exact) mass is 206 g/mol. The Morgan fingerprint density at radius 1 is 1.27 bits per heavy atom. The Labute approximate surface area is 91.0 Å². The molecule has 0 atom stereocenters. The van der Waals surface area contributed by atoms with E-state index in [2.05, 4.69) is 4.98 Å². The van der Waals surface area contributed by atoms with Crippen molar-refractivity contribution in [1.29, 1.82) is 0 Å². The van der Waals surface area contributed by atoms with Crippen LogP contribution in [0.15, 0.2) is 36.7 Å². The van der Waals surface area contributed by atoms with E-state index in [1.54, 1.807) is 0 Å². The molecule has 0 amide bonds. The van der Waals surface area contributed by atoms with Gasteiger partial charge in [0, 0.05) is 25.5 Å². The fraction of sp³-hybridized carbons (Fsp3) is 0.417. The summed E-state index contributed by atoms with van der Waals surface area (Å²) in [4.78, 5) is 3.97. The average molecular weight is 206 g/mol. The van der Waals surface area contributed by atoms with Crippen LogP contribution in [0.5, 0.6) is 0 Å². The summed E-state index contributed by atoms with van der Waals surface area (Å²) in [5, 5.41) is 0. The number of aromatic nitrogens is 1.